The van der Waals surface area contributed by atoms with E-state index < -0.39 is 5.60 Å². The molecule has 0 radical (unpaired) electrons. The first-order chi connectivity index (χ1) is 10.3. The lowest BCUT2D eigenvalue weighted by Gasteiger charge is -2.35. The van der Waals surface area contributed by atoms with Gasteiger partial charge in [0.05, 0.1) is 24.3 Å². The molecule has 22 heavy (non-hydrogen) atoms. The maximum atomic E-state index is 10.7. The van der Waals surface area contributed by atoms with E-state index in [0.29, 0.717) is 17.3 Å². The van der Waals surface area contributed by atoms with Crippen LogP contribution in [-0.4, -0.2) is 30.3 Å². The van der Waals surface area contributed by atoms with Crippen LogP contribution in [0.1, 0.15) is 33.1 Å². The van der Waals surface area contributed by atoms with Crippen molar-refractivity contribution in [3.63, 3.8) is 0 Å². The predicted molar refractivity (Wildman–Crippen MR) is 90.7 cm³/mol. The number of hydrogen-bond donors (Lipinski definition) is 3. The molecule has 4 N–H and O–H groups in total. The molecule has 1 unspecified atom stereocenters. The van der Waals surface area contributed by atoms with E-state index in [2.05, 4.69) is 24.2 Å². The smallest absolute Gasteiger partial charge is 0.193 e. The molecule has 1 saturated carbocycles. The summed E-state index contributed by atoms with van der Waals surface area (Å²) in [4.78, 5) is 4.30. The summed E-state index contributed by atoms with van der Waals surface area (Å²) in [7, 11) is 1.56. The minimum atomic E-state index is -0.795. The Labute approximate surface area is 136 Å². The van der Waals surface area contributed by atoms with Crippen LogP contribution in [0.25, 0.3) is 0 Å². The molecule has 1 aromatic rings. The summed E-state index contributed by atoms with van der Waals surface area (Å²) >= 11 is 6.07. The molecule has 122 valence electrons. The number of aliphatic hydroxyl groups is 1. The molecule has 1 aliphatic carbocycles. The zero-order chi connectivity index (χ0) is 16.4. The molecule has 1 aromatic carbocycles. The monoisotopic (exact) mass is 325 g/mol. The van der Waals surface area contributed by atoms with Crippen LogP contribution in [-0.2, 0) is 0 Å². The lowest BCUT2D eigenvalue weighted by Crippen LogP contribution is -2.43. The van der Waals surface area contributed by atoms with Crippen molar-refractivity contribution in [2.24, 2.45) is 16.1 Å². The van der Waals surface area contributed by atoms with E-state index in [1.165, 1.54) is 0 Å². The van der Waals surface area contributed by atoms with Crippen LogP contribution < -0.4 is 15.8 Å². The zero-order valence-electron chi connectivity index (χ0n) is 13.3. The highest BCUT2D eigenvalue weighted by Gasteiger charge is 2.47. The van der Waals surface area contributed by atoms with Crippen LogP contribution in [0, 0.1) is 5.41 Å². The number of nitrogens with one attached hydrogen (secondary N) is 1. The van der Waals surface area contributed by atoms with Crippen LogP contribution in [0.3, 0.4) is 0 Å². The Morgan fingerprint density at radius 3 is 2.73 bits per heavy atom. The number of aliphatic imine (C=N–C) groups is 1. The van der Waals surface area contributed by atoms with Crippen molar-refractivity contribution in [2.75, 3.05) is 19.0 Å². The van der Waals surface area contributed by atoms with E-state index >= 15 is 0 Å². The second kappa shape index (κ2) is 6.34. The summed E-state index contributed by atoms with van der Waals surface area (Å²) in [6.07, 6.45) is 2.77. The van der Waals surface area contributed by atoms with Crippen molar-refractivity contribution in [2.45, 2.75) is 38.7 Å². The fourth-order valence-corrected chi connectivity index (χ4v) is 3.09. The molecule has 0 amide bonds. The standard InChI is InChI=1S/C16H24ClN3O2/c1-15(2)7-4-8-16(15,21)10-19-14(18)20-11-5-6-13(22-3)12(17)9-11/h5-6,9,21H,4,7-8,10H2,1-3H3,(H3,18,19,20). The van der Waals surface area contributed by atoms with Gasteiger partial charge in [0.1, 0.15) is 5.75 Å². The van der Waals surface area contributed by atoms with E-state index in [0.717, 1.165) is 24.9 Å². The highest BCUT2D eigenvalue weighted by Crippen LogP contribution is 2.45. The Bertz CT molecular complexity index is 575. The number of halogens is 1. The van der Waals surface area contributed by atoms with Crippen LogP contribution in [0.15, 0.2) is 23.2 Å². The van der Waals surface area contributed by atoms with Crippen molar-refractivity contribution >= 4 is 23.2 Å². The third-order valence-corrected chi connectivity index (χ3v) is 4.88. The number of nitrogens with two attached hydrogens (primary N) is 1. The van der Waals surface area contributed by atoms with E-state index in [1.807, 2.05) is 0 Å². The lowest BCUT2D eigenvalue weighted by atomic mass is 9.78. The number of ether oxygens (including phenoxy) is 1. The van der Waals surface area contributed by atoms with Crippen LogP contribution in [0.4, 0.5) is 5.69 Å². The average Bonchev–Trinajstić information content (AvgIpc) is 2.71. The summed E-state index contributed by atoms with van der Waals surface area (Å²) in [5.74, 6) is 0.863. The van der Waals surface area contributed by atoms with Gasteiger partial charge in [-0.05, 0) is 42.9 Å². The molecule has 0 aromatic heterocycles. The van der Waals surface area contributed by atoms with E-state index in [-0.39, 0.29) is 11.4 Å². The molecule has 5 nitrogen and oxygen atoms in total. The van der Waals surface area contributed by atoms with Gasteiger partial charge in [-0.25, -0.2) is 0 Å². The van der Waals surface area contributed by atoms with Gasteiger partial charge in [0, 0.05) is 5.69 Å². The first kappa shape index (κ1) is 16.9. The highest BCUT2D eigenvalue weighted by atomic mass is 35.5. The van der Waals surface area contributed by atoms with Crippen molar-refractivity contribution in [1.82, 2.24) is 0 Å². The van der Waals surface area contributed by atoms with Gasteiger partial charge in [0.15, 0.2) is 5.96 Å². The molecule has 0 saturated heterocycles. The summed E-state index contributed by atoms with van der Waals surface area (Å²) in [5.41, 5.74) is 5.70. The molecular weight excluding hydrogens is 302 g/mol. The lowest BCUT2D eigenvalue weighted by molar-refractivity contribution is -0.0334. The first-order valence-electron chi connectivity index (χ1n) is 7.40. The van der Waals surface area contributed by atoms with Crippen molar-refractivity contribution in [1.29, 1.82) is 0 Å². The maximum Gasteiger partial charge on any atom is 0.193 e. The third-order valence-electron chi connectivity index (χ3n) is 4.59. The van der Waals surface area contributed by atoms with E-state index in [1.54, 1.807) is 25.3 Å². The van der Waals surface area contributed by atoms with Crippen LogP contribution in [0.2, 0.25) is 5.02 Å². The summed E-state index contributed by atoms with van der Waals surface area (Å²) < 4.78 is 5.10. The van der Waals surface area contributed by atoms with Gasteiger partial charge in [-0.15, -0.1) is 0 Å². The minimum absolute atomic E-state index is 0.139. The zero-order valence-corrected chi connectivity index (χ0v) is 14.1. The second-order valence-corrected chi connectivity index (χ2v) is 6.85. The van der Waals surface area contributed by atoms with Crippen LogP contribution in [0.5, 0.6) is 5.75 Å². The van der Waals surface area contributed by atoms with Gasteiger partial charge < -0.3 is 20.9 Å². The Balaban J connectivity index is 2.03. The SMILES string of the molecule is COc1ccc(NC(N)=NCC2(O)CCCC2(C)C)cc1Cl. The number of methoxy groups -OCH3 is 1. The molecule has 0 heterocycles. The Hall–Kier alpha value is -1.46. The molecule has 0 spiro atoms. The molecule has 6 heteroatoms. The van der Waals surface area contributed by atoms with Crippen molar-refractivity contribution in [3.05, 3.63) is 23.2 Å². The molecule has 1 aliphatic rings. The summed E-state index contributed by atoms with van der Waals surface area (Å²) in [5, 5.41) is 14.2. The number of anilines is 1. The predicted octanol–water partition coefficient (Wildman–Crippen LogP) is 3.02. The van der Waals surface area contributed by atoms with Crippen LogP contribution >= 0.6 is 11.6 Å². The van der Waals surface area contributed by atoms with Gasteiger partial charge in [-0.2, -0.15) is 0 Å². The molecule has 2 rings (SSSR count). The fourth-order valence-electron chi connectivity index (χ4n) is 2.83. The van der Waals surface area contributed by atoms with E-state index in [9.17, 15) is 5.11 Å². The molecule has 1 atom stereocenters. The third kappa shape index (κ3) is 3.47. The number of hydrogen-bond acceptors (Lipinski definition) is 3. The Kier molecular flexibility index (Phi) is 4.87. The minimum Gasteiger partial charge on any atom is -0.495 e. The first-order valence-corrected chi connectivity index (χ1v) is 7.78. The van der Waals surface area contributed by atoms with Crippen molar-refractivity contribution in [3.8, 4) is 5.75 Å². The number of nitrogens with zero attached hydrogens (tertiary/aromatic N) is 1. The number of benzene rings is 1. The molecule has 1 fully saturated rings. The average molecular weight is 326 g/mol. The molecule has 0 aliphatic heterocycles. The molecule has 0 bridgehead atoms. The van der Waals surface area contributed by atoms with Crippen molar-refractivity contribution < 1.29 is 9.84 Å². The highest BCUT2D eigenvalue weighted by molar-refractivity contribution is 6.32. The molecular formula is C16H24ClN3O2. The topological polar surface area (TPSA) is 79.9 Å². The summed E-state index contributed by atoms with van der Waals surface area (Å²) in [6.45, 7) is 4.44. The van der Waals surface area contributed by atoms with E-state index in [4.69, 9.17) is 22.1 Å². The fraction of sp³-hybridized carbons (Fsp3) is 0.562. The number of guanidine groups is 1. The Morgan fingerprint density at radius 1 is 1.45 bits per heavy atom. The maximum absolute atomic E-state index is 10.7. The normalized spacial score (nSPS) is 24.3. The van der Waals surface area contributed by atoms with Gasteiger partial charge in [0.25, 0.3) is 0 Å². The second-order valence-electron chi connectivity index (χ2n) is 6.44. The largest absolute Gasteiger partial charge is 0.495 e. The summed E-state index contributed by atoms with van der Waals surface area (Å²) in [6, 6.07) is 5.28. The number of rotatable bonds is 4. The Morgan fingerprint density at radius 2 is 2.18 bits per heavy atom. The van der Waals surface area contributed by atoms with Gasteiger partial charge in [-0.3, -0.25) is 4.99 Å². The quantitative estimate of drug-likeness (QED) is 0.587. The van der Waals surface area contributed by atoms with Gasteiger partial charge in [0.2, 0.25) is 0 Å². The van der Waals surface area contributed by atoms with Gasteiger partial charge >= 0.3 is 0 Å². The van der Waals surface area contributed by atoms with Gasteiger partial charge in [-0.1, -0.05) is 25.4 Å².